The van der Waals surface area contributed by atoms with Crippen LogP contribution in [0.15, 0.2) is 0 Å². The van der Waals surface area contributed by atoms with E-state index in [-0.39, 0.29) is 13.2 Å². The van der Waals surface area contributed by atoms with Gasteiger partial charge in [-0.25, -0.2) is 0 Å². The zero-order chi connectivity index (χ0) is 50.2. The molecule has 3 amide bonds. The molecule has 21 unspecified atom stereocenters. The summed E-state index contributed by atoms with van der Waals surface area (Å²) in [6, 6.07) is -5.49. The zero-order valence-electron chi connectivity index (χ0n) is 38.8. The van der Waals surface area contributed by atoms with Gasteiger partial charge >= 0.3 is 0 Å². The second-order valence-electron chi connectivity index (χ2n) is 16.4. The molecule has 0 saturated carbocycles. The molecule has 63 heavy (non-hydrogen) atoms. The molecule has 0 spiro atoms. The molecule has 24 nitrogen and oxygen atoms in total. The van der Waals surface area contributed by atoms with Crippen LogP contribution < -0.4 is 32.7 Å². The number of amides is 3. The third kappa shape index (κ3) is 29.1. The molecule has 0 radical (unpaired) electrons. The van der Waals surface area contributed by atoms with E-state index in [1.54, 1.807) is 20.8 Å². The highest BCUT2D eigenvalue weighted by atomic mass is 16.6. The standard InChI is InChI=1S/2C13H28N2O6.C10H22N2O5.C3H6O/c1-6(16)5-21-13(7(2)14)12(20)10(15-9(4)18)11(19)8(3)17;1-6(16)5-14-7(2)11(19)13(21)10(15-9(4)18)12(20)8(3)17;1-4(11)8(15)10(17)7(12-6(3)14)9(16)5(2)13;1-3-2-4-3/h6-8,10-13,16-17,19-20H,5,14H2,1-4H3,(H,15,18);6-8,10-14,16-17,19-21H,5H2,1-4H3,(H,15,18);4-5,7-10,13,15-17H,11H2,1-3H3,(H,12,14);3H,2H2,1H3. The minimum absolute atomic E-state index is 0.0547. The average molecular weight is 925 g/mol. The van der Waals surface area contributed by atoms with E-state index in [2.05, 4.69) is 28.2 Å². The van der Waals surface area contributed by atoms with Gasteiger partial charge in [0.05, 0.1) is 80.2 Å². The Morgan fingerprint density at radius 1 is 0.540 bits per heavy atom. The van der Waals surface area contributed by atoms with Crippen LogP contribution in [0.5, 0.6) is 0 Å². The third-order valence-electron chi connectivity index (χ3n) is 9.17. The number of hydrogen-bond acceptors (Lipinski definition) is 21. The van der Waals surface area contributed by atoms with Gasteiger partial charge in [0.2, 0.25) is 17.7 Å². The van der Waals surface area contributed by atoms with Crippen molar-refractivity contribution in [1.29, 1.82) is 0 Å². The maximum atomic E-state index is 11.2. The summed E-state index contributed by atoms with van der Waals surface area (Å²) in [5.41, 5.74) is 11.2. The molecule has 1 heterocycles. The Balaban J connectivity index is -0.000000821. The van der Waals surface area contributed by atoms with Crippen molar-refractivity contribution < 1.29 is 90.2 Å². The number of aliphatic hydroxyl groups excluding tert-OH is 13. The van der Waals surface area contributed by atoms with Crippen LogP contribution >= 0.6 is 0 Å². The Morgan fingerprint density at radius 2 is 0.857 bits per heavy atom. The number of carbonyl (C=O) groups excluding carboxylic acids is 3. The highest BCUT2D eigenvalue weighted by Gasteiger charge is 2.39. The van der Waals surface area contributed by atoms with Gasteiger partial charge in [-0.2, -0.15) is 0 Å². The molecule has 21 N–H and O–H groups in total. The zero-order valence-corrected chi connectivity index (χ0v) is 38.8. The van der Waals surface area contributed by atoms with Gasteiger partial charge in [-0.15, -0.1) is 0 Å². The van der Waals surface area contributed by atoms with Crippen molar-refractivity contribution in [3.63, 3.8) is 0 Å². The monoisotopic (exact) mass is 925 g/mol. The maximum absolute atomic E-state index is 11.2. The number of rotatable bonds is 24. The van der Waals surface area contributed by atoms with Crippen molar-refractivity contribution in [1.82, 2.24) is 21.3 Å². The van der Waals surface area contributed by atoms with E-state index in [1.807, 2.05) is 0 Å². The summed E-state index contributed by atoms with van der Waals surface area (Å²) in [7, 11) is 0. The lowest BCUT2D eigenvalue weighted by atomic mass is 9.93. The largest absolute Gasteiger partial charge is 0.392 e. The van der Waals surface area contributed by atoms with Crippen LogP contribution in [0.1, 0.15) is 83.1 Å². The SMILES string of the molecule is CC(=O)NC(C(O)C(C)O)C(O)C(O)C(C)N.CC(=O)NC(C(O)C(C)O)C(O)C(O)C(C)NCC(C)O.CC(=O)NC(C(O)C(C)O)C(O)C(OCC(C)O)C(C)N.CC1CO1. The predicted molar refractivity (Wildman–Crippen MR) is 229 cm³/mol. The highest BCUT2D eigenvalue weighted by Crippen LogP contribution is 2.15. The molecule has 21 atom stereocenters. The van der Waals surface area contributed by atoms with Crippen molar-refractivity contribution in [2.24, 2.45) is 11.5 Å². The summed E-state index contributed by atoms with van der Waals surface area (Å²) in [6.45, 7) is 18.5. The molecular formula is C39H84N6O18. The smallest absolute Gasteiger partial charge is 0.217 e. The van der Waals surface area contributed by atoms with E-state index in [1.165, 1.54) is 55.4 Å². The van der Waals surface area contributed by atoms with E-state index in [0.29, 0.717) is 6.10 Å². The molecule has 1 aliphatic rings. The van der Waals surface area contributed by atoms with Crippen LogP contribution in [0.4, 0.5) is 0 Å². The van der Waals surface area contributed by atoms with Crippen LogP contribution in [0.3, 0.4) is 0 Å². The van der Waals surface area contributed by atoms with Crippen molar-refractivity contribution in [3.8, 4) is 0 Å². The number of epoxide rings is 1. The number of carbonyl (C=O) groups is 3. The van der Waals surface area contributed by atoms with Crippen LogP contribution in [-0.4, -0.2) is 232 Å². The van der Waals surface area contributed by atoms with Crippen LogP contribution in [-0.2, 0) is 23.9 Å². The first-order chi connectivity index (χ1) is 28.7. The van der Waals surface area contributed by atoms with E-state index >= 15 is 0 Å². The van der Waals surface area contributed by atoms with Gasteiger partial charge in [0.15, 0.2) is 0 Å². The Hall–Kier alpha value is -2.31. The molecule has 0 aromatic carbocycles. The summed E-state index contributed by atoms with van der Waals surface area (Å²) >= 11 is 0. The molecule has 1 saturated heterocycles. The normalized spacial score (nSPS) is 23.0. The number of ether oxygens (including phenoxy) is 2. The second kappa shape index (κ2) is 33.2. The fourth-order valence-electron chi connectivity index (χ4n) is 5.34. The van der Waals surface area contributed by atoms with Gasteiger partial charge in [0.1, 0.15) is 42.7 Å². The number of nitrogens with one attached hydrogen (secondary N) is 4. The fourth-order valence-corrected chi connectivity index (χ4v) is 5.34. The Bertz CT molecular complexity index is 1220. The van der Waals surface area contributed by atoms with Crippen molar-refractivity contribution in [2.45, 2.75) is 211 Å². The Labute approximate surface area is 371 Å². The minimum Gasteiger partial charge on any atom is -0.392 e. The summed E-state index contributed by atoms with van der Waals surface area (Å²) in [4.78, 5) is 33.3. The van der Waals surface area contributed by atoms with Gasteiger partial charge in [0, 0.05) is 45.4 Å². The summed E-state index contributed by atoms with van der Waals surface area (Å²) in [5.74, 6) is -1.47. The molecule has 0 bridgehead atoms. The summed E-state index contributed by atoms with van der Waals surface area (Å²) in [6.07, 6.45) is -16.4. The van der Waals surface area contributed by atoms with Crippen LogP contribution in [0, 0.1) is 0 Å². The molecule has 1 aliphatic heterocycles. The van der Waals surface area contributed by atoms with Crippen LogP contribution in [0.25, 0.3) is 0 Å². The van der Waals surface area contributed by atoms with E-state index in [4.69, 9.17) is 20.9 Å². The molecular weight excluding hydrogens is 840 g/mol. The number of nitrogens with two attached hydrogens (primary N) is 2. The number of aliphatic hydroxyl groups is 13. The third-order valence-corrected chi connectivity index (χ3v) is 9.17. The van der Waals surface area contributed by atoms with E-state index < -0.39 is 139 Å². The predicted octanol–water partition coefficient (Wildman–Crippen LogP) is -7.27. The molecule has 0 aliphatic carbocycles. The summed E-state index contributed by atoms with van der Waals surface area (Å²) in [5, 5.41) is 136. The quantitative estimate of drug-likeness (QED) is 0.0400. The molecule has 1 fully saturated rings. The van der Waals surface area contributed by atoms with Crippen molar-refractivity contribution in [2.75, 3.05) is 19.8 Å². The van der Waals surface area contributed by atoms with Crippen molar-refractivity contribution in [3.05, 3.63) is 0 Å². The number of hydrogen-bond donors (Lipinski definition) is 19. The molecule has 0 aromatic heterocycles. The van der Waals surface area contributed by atoms with Crippen LogP contribution in [0.2, 0.25) is 0 Å². The lowest BCUT2D eigenvalue weighted by Crippen LogP contribution is -2.60. The Kier molecular flexibility index (Phi) is 34.2. The fraction of sp³-hybridized carbons (Fsp3) is 0.923. The maximum Gasteiger partial charge on any atom is 0.217 e. The van der Waals surface area contributed by atoms with Gasteiger partial charge in [0.25, 0.3) is 0 Å². The topological polar surface area (TPSA) is 436 Å². The van der Waals surface area contributed by atoms with E-state index in [0.717, 1.165) is 6.61 Å². The van der Waals surface area contributed by atoms with Gasteiger partial charge in [-0.1, -0.05) is 0 Å². The first-order valence-electron chi connectivity index (χ1n) is 20.9. The summed E-state index contributed by atoms with van der Waals surface area (Å²) < 4.78 is 10.1. The average Bonchev–Trinajstić information content (AvgIpc) is 3.96. The van der Waals surface area contributed by atoms with Gasteiger partial charge in [-0.05, 0) is 62.3 Å². The lowest BCUT2D eigenvalue weighted by molar-refractivity contribution is -0.130. The van der Waals surface area contributed by atoms with Gasteiger partial charge < -0.3 is 109 Å². The minimum atomic E-state index is -1.49. The molecule has 1 rings (SSSR count). The molecule has 378 valence electrons. The van der Waals surface area contributed by atoms with Gasteiger partial charge in [-0.3, -0.25) is 14.4 Å². The molecule has 0 aromatic rings. The Morgan fingerprint density at radius 3 is 1.10 bits per heavy atom. The first kappa shape index (κ1) is 65.0. The first-order valence-corrected chi connectivity index (χ1v) is 20.9. The second-order valence-corrected chi connectivity index (χ2v) is 16.4. The lowest BCUT2D eigenvalue weighted by Gasteiger charge is -2.35. The van der Waals surface area contributed by atoms with E-state index in [9.17, 15) is 80.8 Å². The van der Waals surface area contributed by atoms with Crippen molar-refractivity contribution >= 4 is 17.7 Å². The highest BCUT2D eigenvalue weighted by molar-refractivity contribution is 5.74. The molecule has 24 heteroatoms.